The van der Waals surface area contributed by atoms with E-state index in [9.17, 15) is 9.59 Å². The molecule has 0 radical (unpaired) electrons. The smallest absolute Gasteiger partial charge is 0.249 e. The van der Waals surface area contributed by atoms with Gasteiger partial charge >= 0.3 is 0 Å². The number of anilines is 1. The molecule has 0 aromatic heterocycles. The van der Waals surface area contributed by atoms with Gasteiger partial charge in [0.25, 0.3) is 0 Å². The van der Waals surface area contributed by atoms with Crippen molar-refractivity contribution in [2.45, 2.75) is 32.4 Å². The molecule has 0 bridgehead atoms. The van der Waals surface area contributed by atoms with Gasteiger partial charge in [0, 0.05) is 16.2 Å². The van der Waals surface area contributed by atoms with Crippen molar-refractivity contribution in [1.29, 1.82) is 0 Å². The van der Waals surface area contributed by atoms with Gasteiger partial charge in [0.05, 0.1) is 6.54 Å². The SMILES string of the molecule is CCC1C(=O)NC(=O)CN1c1ccc(Br)cc1C(C)N. The number of imide groups is 1. The lowest BCUT2D eigenvalue weighted by molar-refractivity contribution is -0.132. The summed E-state index contributed by atoms with van der Waals surface area (Å²) < 4.78 is 0.925. The second kappa shape index (κ2) is 5.93. The predicted molar refractivity (Wildman–Crippen MR) is 81.3 cm³/mol. The van der Waals surface area contributed by atoms with Crippen LogP contribution < -0.4 is 16.0 Å². The zero-order valence-electron chi connectivity index (χ0n) is 11.5. The molecule has 1 heterocycles. The molecule has 1 aliphatic heterocycles. The molecule has 6 heteroatoms. The Hall–Kier alpha value is -1.40. The largest absolute Gasteiger partial charge is 0.350 e. The minimum Gasteiger partial charge on any atom is -0.350 e. The maximum absolute atomic E-state index is 12.0. The fraction of sp³-hybridized carbons (Fsp3) is 0.429. The average Bonchev–Trinajstić information content (AvgIpc) is 2.37. The molecule has 1 fully saturated rings. The summed E-state index contributed by atoms with van der Waals surface area (Å²) in [5.74, 6) is -0.527. The molecule has 1 saturated heterocycles. The molecular formula is C14H18BrN3O2. The molecule has 1 aromatic rings. The Kier molecular flexibility index (Phi) is 4.45. The van der Waals surface area contributed by atoms with Crippen molar-refractivity contribution in [3.8, 4) is 0 Å². The maximum atomic E-state index is 12.0. The molecule has 3 N–H and O–H groups in total. The standard InChI is InChI=1S/C14H18BrN3O2/c1-3-11-14(20)17-13(19)7-18(11)12-5-4-9(15)6-10(12)8(2)16/h4-6,8,11H,3,7,16H2,1-2H3,(H,17,19,20). The first-order valence-electron chi connectivity index (χ1n) is 6.59. The van der Waals surface area contributed by atoms with E-state index in [0.717, 1.165) is 15.7 Å². The lowest BCUT2D eigenvalue weighted by Crippen LogP contribution is -2.58. The van der Waals surface area contributed by atoms with Crippen LogP contribution in [0.15, 0.2) is 22.7 Å². The van der Waals surface area contributed by atoms with Gasteiger partial charge < -0.3 is 10.6 Å². The fourth-order valence-corrected chi connectivity index (χ4v) is 2.86. The van der Waals surface area contributed by atoms with Gasteiger partial charge in [-0.2, -0.15) is 0 Å². The van der Waals surface area contributed by atoms with E-state index in [2.05, 4.69) is 21.2 Å². The Bertz CT molecular complexity index is 545. The summed E-state index contributed by atoms with van der Waals surface area (Å²) in [4.78, 5) is 25.4. The summed E-state index contributed by atoms with van der Waals surface area (Å²) in [7, 11) is 0. The molecule has 0 spiro atoms. The van der Waals surface area contributed by atoms with Crippen molar-refractivity contribution in [1.82, 2.24) is 5.32 Å². The minimum atomic E-state index is -0.341. The minimum absolute atomic E-state index is 0.172. The van der Waals surface area contributed by atoms with Crippen LogP contribution in [-0.4, -0.2) is 24.4 Å². The lowest BCUT2D eigenvalue weighted by Gasteiger charge is -2.37. The van der Waals surface area contributed by atoms with Crippen LogP contribution in [0, 0.1) is 0 Å². The fourth-order valence-electron chi connectivity index (χ4n) is 2.48. The highest BCUT2D eigenvalue weighted by Crippen LogP contribution is 2.31. The first-order chi connectivity index (χ1) is 9.43. The number of benzene rings is 1. The molecule has 1 aliphatic rings. The number of nitrogens with zero attached hydrogens (tertiary/aromatic N) is 1. The third-order valence-electron chi connectivity index (χ3n) is 3.43. The number of amides is 2. The topological polar surface area (TPSA) is 75.4 Å². The monoisotopic (exact) mass is 339 g/mol. The molecule has 2 atom stereocenters. The molecule has 20 heavy (non-hydrogen) atoms. The van der Waals surface area contributed by atoms with Crippen molar-refractivity contribution in [3.05, 3.63) is 28.2 Å². The number of hydrogen-bond acceptors (Lipinski definition) is 4. The maximum Gasteiger partial charge on any atom is 0.249 e. The van der Waals surface area contributed by atoms with E-state index in [4.69, 9.17) is 5.73 Å². The Morgan fingerprint density at radius 1 is 1.50 bits per heavy atom. The molecule has 2 rings (SSSR count). The van der Waals surface area contributed by atoms with Crippen molar-refractivity contribution in [2.24, 2.45) is 5.73 Å². The van der Waals surface area contributed by atoms with Crippen molar-refractivity contribution < 1.29 is 9.59 Å². The highest BCUT2D eigenvalue weighted by molar-refractivity contribution is 9.10. The van der Waals surface area contributed by atoms with Gasteiger partial charge in [-0.15, -0.1) is 0 Å². The van der Waals surface area contributed by atoms with Crippen LogP contribution in [0.2, 0.25) is 0 Å². The highest BCUT2D eigenvalue weighted by atomic mass is 79.9. The first-order valence-corrected chi connectivity index (χ1v) is 7.38. The summed E-state index contributed by atoms with van der Waals surface area (Å²) in [6.07, 6.45) is 0.633. The second-order valence-corrected chi connectivity index (χ2v) is 5.87. The normalized spacial score (nSPS) is 20.8. The molecule has 2 unspecified atom stereocenters. The van der Waals surface area contributed by atoms with Gasteiger partial charge in [-0.25, -0.2) is 0 Å². The van der Waals surface area contributed by atoms with Gasteiger partial charge in [-0.1, -0.05) is 22.9 Å². The molecule has 5 nitrogen and oxygen atoms in total. The third-order valence-corrected chi connectivity index (χ3v) is 3.92. The van der Waals surface area contributed by atoms with E-state index < -0.39 is 0 Å². The van der Waals surface area contributed by atoms with E-state index in [0.29, 0.717) is 6.42 Å². The number of carbonyl (C=O) groups is 2. The first kappa shape index (κ1) is 15.0. The Morgan fingerprint density at radius 2 is 2.20 bits per heavy atom. The summed E-state index contributed by atoms with van der Waals surface area (Å²) in [6.45, 7) is 3.99. The number of piperazine rings is 1. The summed E-state index contributed by atoms with van der Waals surface area (Å²) in [5, 5.41) is 2.38. The Balaban J connectivity index is 2.47. The van der Waals surface area contributed by atoms with Gasteiger partial charge in [0.2, 0.25) is 11.8 Å². The van der Waals surface area contributed by atoms with E-state index in [1.54, 1.807) is 0 Å². The third kappa shape index (κ3) is 2.86. The number of hydrogen-bond donors (Lipinski definition) is 2. The number of nitrogens with two attached hydrogens (primary N) is 1. The van der Waals surface area contributed by atoms with E-state index in [-0.39, 0.29) is 30.4 Å². The van der Waals surface area contributed by atoms with Gasteiger partial charge in [0.15, 0.2) is 0 Å². The lowest BCUT2D eigenvalue weighted by atomic mass is 10.0. The average molecular weight is 340 g/mol. The molecular weight excluding hydrogens is 322 g/mol. The molecule has 1 aromatic carbocycles. The summed E-state index contributed by atoms with van der Waals surface area (Å²) in [6, 6.07) is 5.21. The zero-order valence-corrected chi connectivity index (χ0v) is 13.1. The second-order valence-electron chi connectivity index (χ2n) is 4.96. The van der Waals surface area contributed by atoms with Crippen LogP contribution in [0.25, 0.3) is 0 Å². The molecule has 0 saturated carbocycles. The van der Waals surface area contributed by atoms with Gasteiger partial charge in [-0.3, -0.25) is 14.9 Å². The Labute approximate surface area is 126 Å². The number of halogens is 1. The quantitative estimate of drug-likeness (QED) is 0.822. The van der Waals surface area contributed by atoms with Gasteiger partial charge in [0.1, 0.15) is 6.04 Å². The number of nitrogens with one attached hydrogen (secondary N) is 1. The van der Waals surface area contributed by atoms with E-state index in [1.807, 2.05) is 36.9 Å². The van der Waals surface area contributed by atoms with E-state index in [1.165, 1.54) is 0 Å². The van der Waals surface area contributed by atoms with Crippen molar-refractivity contribution >= 4 is 33.4 Å². The van der Waals surface area contributed by atoms with Crippen molar-refractivity contribution in [3.63, 3.8) is 0 Å². The predicted octanol–water partition coefficient (Wildman–Crippen LogP) is 1.71. The number of rotatable bonds is 3. The molecule has 2 amide bonds. The summed E-state index contributed by atoms with van der Waals surface area (Å²) in [5.41, 5.74) is 7.78. The van der Waals surface area contributed by atoms with Crippen LogP contribution in [0.1, 0.15) is 31.9 Å². The van der Waals surface area contributed by atoms with Crippen LogP contribution >= 0.6 is 15.9 Å². The zero-order chi connectivity index (χ0) is 14.9. The van der Waals surface area contributed by atoms with Crippen LogP contribution in [0.3, 0.4) is 0 Å². The van der Waals surface area contributed by atoms with E-state index >= 15 is 0 Å². The molecule has 108 valence electrons. The van der Waals surface area contributed by atoms with Crippen LogP contribution in [0.5, 0.6) is 0 Å². The van der Waals surface area contributed by atoms with Crippen molar-refractivity contribution in [2.75, 3.05) is 11.4 Å². The van der Waals surface area contributed by atoms with Gasteiger partial charge in [-0.05, 0) is 37.1 Å². The molecule has 0 aliphatic carbocycles. The van der Waals surface area contributed by atoms with Crippen LogP contribution in [-0.2, 0) is 9.59 Å². The number of carbonyl (C=O) groups excluding carboxylic acids is 2. The highest BCUT2D eigenvalue weighted by Gasteiger charge is 2.33. The summed E-state index contributed by atoms with van der Waals surface area (Å²) >= 11 is 3.42. The Morgan fingerprint density at radius 3 is 2.80 bits per heavy atom. The van der Waals surface area contributed by atoms with Crippen LogP contribution in [0.4, 0.5) is 5.69 Å².